The largest absolute Gasteiger partial charge is 0.462 e. The van der Waals surface area contributed by atoms with E-state index < -0.39 is 21.9 Å². The number of H-pyrrole nitrogens is 1. The summed E-state index contributed by atoms with van der Waals surface area (Å²) in [7, 11) is -4.00. The van der Waals surface area contributed by atoms with Crippen LogP contribution in [0.25, 0.3) is 0 Å². The lowest BCUT2D eigenvalue weighted by Gasteiger charge is -2.31. The van der Waals surface area contributed by atoms with E-state index in [1.54, 1.807) is 39.1 Å². The van der Waals surface area contributed by atoms with E-state index in [4.69, 9.17) is 4.74 Å². The fourth-order valence-corrected chi connectivity index (χ4v) is 5.65. The molecule has 3 heterocycles. The number of hydrogen-bond acceptors (Lipinski definition) is 6. The van der Waals surface area contributed by atoms with Gasteiger partial charge in [-0.05, 0) is 45.7 Å². The van der Waals surface area contributed by atoms with Crippen LogP contribution in [0.2, 0.25) is 0 Å². The summed E-state index contributed by atoms with van der Waals surface area (Å²) in [6.45, 7) is 5.38. The minimum absolute atomic E-state index is 0.0243. The molecule has 2 N–H and O–H groups in total. The predicted molar refractivity (Wildman–Crippen MR) is 111 cm³/mol. The van der Waals surface area contributed by atoms with Crippen molar-refractivity contribution in [2.75, 3.05) is 25.0 Å². The quantitative estimate of drug-likeness (QED) is 0.673. The number of ether oxygens (including phenoxy) is 1. The van der Waals surface area contributed by atoms with E-state index >= 15 is 0 Å². The van der Waals surface area contributed by atoms with E-state index in [1.165, 1.54) is 10.5 Å². The maximum atomic E-state index is 13.4. The predicted octanol–water partition coefficient (Wildman–Crippen LogP) is 2.24. The number of aryl methyl sites for hydroxylation is 2. The van der Waals surface area contributed by atoms with E-state index in [-0.39, 0.29) is 36.1 Å². The van der Waals surface area contributed by atoms with Crippen LogP contribution >= 0.6 is 0 Å². The summed E-state index contributed by atoms with van der Waals surface area (Å²) < 4.78 is 33.2. The Bertz CT molecular complexity index is 1030. The van der Waals surface area contributed by atoms with Crippen LogP contribution in [0, 0.1) is 19.8 Å². The number of pyridine rings is 1. The zero-order valence-corrected chi connectivity index (χ0v) is 18.1. The highest BCUT2D eigenvalue weighted by molar-refractivity contribution is 7.89. The highest BCUT2D eigenvalue weighted by Crippen LogP contribution is 2.30. The second-order valence-corrected chi connectivity index (χ2v) is 9.11. The van der Waals surface area contributed by atoms with E-state index in [2.05, 4.69) is 15.3 Å². The number of piperidine rings is 1. The molecule has 0 aliphatic carbocycles. The number of sulfonamides is 1. The summed E-state index contributed by atoms with van der Waals surface area (Å²) in [5, 5.41) is 2.78. The number of hydrogen-bond donors (Lipinski definition) is 2. The first-order chi connectivity index (χ1) is 14.3. The second kappa shape index (κ2) is 8.97. The van der Waals surface area contributed by atoms with Gasteiger partial charge in [0.1, 0.15) is 10.5 Å². The number of rotatable bonds is 6. The Kier molecular flexibility index (Phi) is 6.57. The van der Waals surface area contributed by atoms with E-state index in [0.717, 1.165) is 0 Å². The fourth-order valence-electron chi connectivity index (χ4n) is 3.71. The highest BCUT2D eigenvalue weighted by Gasteiger charge is 2.38. The van der Waals surface area contributed by atoms with Gasteiger partial charge in [0.25, 0.3) is 0 Å². The Morgan fingerprint density at radius 2 is 2.10 bits per heavy atom. The zero-order chi connectivity index (χ0) is 21.9. The van der Waals surface area contributed by atoms with Gasteiger partial charge in [-0.2, -0.15) is 4.31 Å². The van der Waals surface area contributed by atoms with Gasteiger partial charge in [-0.1, -0.05) is 0 Å². The minimum Gasteiger partial charge on any atom is -0.462 e. The first-order valence-electron chi connectivity index (χ1n) is 9.83. The minimum atomic E-state index is -4.00. The first kappa shape index (κ1) is 22.0. The van der Waals surface area contributed by atoms with Gasteiger partial charge in [-0.3, -0.25) is 9.78 Å². The van der Waals surface area contributed by atoms with Crippen molar-refractivity contribution in [3.63, 3.8) is 0 Å². The van der Waals surface area contributed by atoms with Gasteiger partial charge in [0.2, 0.25) is 15.9 Å². The maximum absolute atomic E-state index is 13.4. The van der Waals surface area contributed by atoms with Crippen LogP contribution in [0.15, 0.2) is 29.4 Å². The fraction of sp³-hybridized carbons (Fsp3) is 0.450. The third kappa shape index (κ3) is 4.39. The molecule has 1 unspecified atom stereocenters. The summed E-state index contributed by atoms with van der Waals surface area (Å²) in [4.78, 5) is 31.9. The number of anilines is 1. The van der Waals surface area contributed by atoms with E-state index in [9.17, 15) is 18.0 Å². The van der Waals surface area contributed by atoms with Crippen molar-refractivity contribution in [2.45, 2.75) is 38.5 Å². The molecule has 30 heavy (non-hydrogen) atoms. The molecule has 1 atom stereocenters. The number of aromatic nitrogens is 2. The van der Waals surface area contributed by atoms with Crippen LogP contribution in [0.1, 0.15) is 41.5 Å². The molecule has 2 aromatic rings. The number of esters is 1. The lowest BCUT2D eigenvalue weighted by Crippen LogP contribution is -2.44. The molecule has 162 valence electrons. The van der Waals surface area contributed by atoms with Crippen molar-refractivity contribution < 1.29 is 22.7 Å². The summed E-state index contributed by atoms with van der Waals surface area (Å²) in [6.07, 6.45) is 4.26. The molecule has 0 saturated carbocycles. The normalized spacial score (nSPS) is 17.5. The molecule has 1 fully saturated rings. The molecule has 10 heteroatoms. The number of aromatic amines is 1. The SMILES string of the molecule is CCOC(=O)c1c(C)[nH]c(C)c1S(=O)(=O)N1CCCC(C(=O)Nc2cccnc2)C1. The maximum Gasteiger partial charge on any atom is 0.341 e. The number of amides is 1. The topological polar surface area (TPSA) is 121 Å². The standard InChI is InChI=1S/C20H26N4O5S/c1-4-29-20(26)17-13(2)22-14(3)18(17)30(27,28)24-10-6-7-15(12-24)19(25)23-16-8-5-9-21-11-16/h5,8-9,11,15,22H,4,6-7,10,12H2,1-3H3,(H,23,25). The van der Waals surface area contributed by atoms with Gasteiger partial charge in [0, 0.05) is 30.7 Å². The number of nitrogens with one attached hydrogen (secondary N) is 2. The van der Waals surface area contributed by atoms with Gasteiger partial charge in [-0.15, -0.1) is 0 Å². The van der Waals surface area contributed by atoms with Crippen LogP contribution in [0.3, 0.4) is 0 Å². The number of carbonyl (C=O) groups is 2. The first-order valence-corrected chi connectivity index (χ1v) is 11.3. The van der Waals surface area contributed by atoms with Gasteiger partial charge in [-0.25, -0.2) is 13.2 Å². The lowest BCUT2D eigenvalue weighted by molar-refractivity contribution is -0.120. The lowest BCUT2D eigenvalue weighted by atomic mass is 9.99. The van der Waals surface area contributed by atoms with Crippen molar-refractivity contribution >= 4 is 27.6 Å². The summed E-state index contributed by atoms with van der Waals surface area (Å²) in [6, 6.07) is 3.43. The molecule has 0 spiro atoms. The molecule has 3 rings (SSSR count). The average molecular weight is 435 g/mol. The third-order valence-electron chi connectivity index (χ3n) is 5.08. The third-order valence-corrected chi connectivity index (χ3v) is 7.12. The molecular formula is C20H26N4O5S. The number of carbonyl (C=O) groups excluding carboxylic acids is 2. The van der Waals surface area contributed by atoms with Crippen molar-refractivity contribution in [2.24, 2.45) is 5.92 Å². The highest BCUT2D eigenvalue weighted by atomic mass is 32.2. The van der Waals surface area contributed by atoms with Crippen molar-refractivity contribution in [3.8, 4) is 0 Å². The molecule has 0 radical (unpaired) electrons. The van der Waals surface area contributed by atoms with Crippen molar-refractivity contribution in [1.29, 1.82) is 0 Å². The molecular weight excluding hydrogens is 408 g/mol. The smallest absolute Gasteiger partial charge is 0.341 e. The average Bonchev–Trinajstić information content (AvgIpc) is 3.03. The molecule has 0 bridgehead atoms. The van der Waals surface area contributed by atoms with E-state index in [0.29, 0.717) is 29.9 Å². The van der Waals surface area contributed by atoms with Gasteiger partial charge in [0.05, 0.1) is 24.4 Å². The van der Waals surface area contributed by atoms with Crippen molar-refractivity contribution in [3.05, 3.63) is 41.5 Å². The van der Waals surface area contributed by atoms with Gasteiger partial charge in [0.15, 0.2) is 0 Å². The van der Waals surface area contributed by atoms with E-state index in [1.807, 2.05) is 0 Å². The van der Waals surface area contributed by atoms with Crippen LogP contribution in [0.5, 0.6) is 0 Å². The molecule has 2 aromatic heterocycles. The Labute approximate surface area is 175 Å². The van der Waals surface area contributed by atoms with Crippen molar-refractivity contribution in [1.82, 2.24) is 14.3 Å². The second-order valence-electron chi connectivity index (χ2n) is 7.23. The molecule has 0 aromatic carbocycles. The van der Waals surface area contributed by atoms with Crippen LogP contribution in [0.4, 0.5) is 5.69 Å². The Morgan fingerprint density at radius 3 is 2.77 bits per heavy atom. The van der Waals surface area contributed by atoms with Gasteiger partial charge < -0.3 is 15.0 Å². The molecule has 1 saturated heterocycles. The Balaban J connectivity index is 1.85. The summed E-state index contributed by atoms with van der Waals surface area (Å²) in [5.41, 5.74) is 1.39. The monoisotopic (exact) mass is 434 g/mol. The molecule has 1 amide bonds. The van der Waals surface area contributed by atoms with Gasteiger partial charge >= 0.3 is 5.97 Å². The van der Waals surface area contributed by atoms with Crippen LogP contribution in [-0.2, 0) is 19.6 Å². The van der Waals surface area contributed by atoms with Crippen LogP contribution < -0.4 is 5.32 Å². The molecule has 1 aliphatic heterocycles. The zero-order valence-electron chi connectivity index (χ0n) is 17.3. The Morgan fingerprint density at radius 1 is 1.33 bits per heavy atom. The molecule has 9 nitrogen and oxygen atoms in total. The number of nitrogens with zero attached hydrogens (tertiary/aromatic N) is 2. The van der Waals surface area contributed by atoms with Crippen LogP contribution in [-0.4, -0.2) is 54.3 Å². The summed E-state index contributed by atoms with van der Waals surface area (Å²) in [5.74, 6) is -1.43. The summed E-state index contributed by atoms with van der Waals surface area (Å²) >= 11 is 0. The molecule has 1 aliphatic rings. The Hall–Kier alpha value is -2.72.